The number of benzene rings is 2. The zero-order chi connectivity index (χ0) is 16.1. The predicted octanol–water partition coefficient (Wildman–Crippen LogP) is 4.29. The topological polar surface area (TPSA) is 55.4 Å². The van der Waals surface area contributed by atoms with E-state index in [0.717, 1.165) is 4.47 Å². The van der Waals surface area contributed by atoms with E-state index in [0.29, 0.717) is 16.3 Å². The summed E-state index contributed by atoms with van der Waals surface area (Å²) in [4.78, 5) is 23.9. The minimum atomic E-state index is -0.910. The minimum absolute atomic E-state index is 0.384. The predicted molar refractivity (Wildman–Crippen MR) is 89.1 cm³/mol. The maximum absolute atomic E-state index is 12.0. The molecular formula is C16H13BrClNO3. The number of amides is 1. The standard InChI is InChI=1S/C16H13BrClNO3/c1-10(15(20)19-14-8-6-13(18)7-9-14)22-16(21)11-2-4-12(17)5-3-11/h2-10H,1H3,(H,19,20). The largest absolute Gasteiger partial charge is 0.449 e. The molecule has 22 heavy (non-hydrogen) atoms. The van der Waals surface area contributed by atoms with E-state index in [1.54, 1.807) is 48.5 Å². The molecule has 1 N–H and O–H groups in total. The number of carbonyl (C=O) groups excluding carboxylic acids is 2. The number of nitrogens with one attached hydrogen (secondary N) is 1. The second kappa shape index (κ2) is 7.42. The number of hydrogen-bond acceptors (Lipinski definition) is 3. The van der Waals surface area contributed by atoms with E-state index < -0.39 is 18.0 Å². The van der Waals surface area contributed by atoms with Crippen LogP contribution in [0.5, 0.6) is 0 Å². The summed E-state index contributed by atoms with van der Waals surface area (Å²) in [7, 11) is 0. The smallest absolute Gasteiger partial charge is 0.338 e. The zero-order valence-electron chi connectivity index (χ0n) is 11.7. The van der Waals surface area contributed by atoms with Crippen LogP contribution in [-0.2, 0) is 9.53 Å². The highest BCUT2D eigenvalue weighted by Crippen LogP contribution is 2.15. The van der Waals surface area contributed by atoms with Crippen molar-refractivity contribution in [3.05, 3.63) is 63.6 Å². The number of anilines is 1. The van der Waals surface area contributed by atoms with Gasteiger partial charge >= 0.3 is 5.97 Å². The lowest BCUT2D eigenvalue weighted by atomic mass is 10.2. The Balaban J connectivity index is 1.94. The van der Waals surface area contributed by atoms with E-state index in [2.05, 4.69) is 21.2 Å². The average molecular weight is 383 g/mol. The Labute approximate surface area is 141 Å². The van der Waals surface area contributed by atoms with Crippen molar-refractivity contribution in [3.63, 3.8) is 0 Å². The molecule has 2 aromatic rings. The quantitative estimate of drug-likeness (QED) is 0.803. The van der Waals surface area contributed by atoms with Crippen LogP contribution in [-0.4, -0.2) is 18.0 Å². The highest BCUT2D eigenvalue weighted by Gasteiger charge is 2.19. The molecule has 0 spiro atoms. The van der Waals surface area contributed by atoms with E-state index >= 15 is 0 Å². The van der Waals surface area contributed by atoms with Gasteiger partial charge in [0, 0.05) is 15.2 Å². The molecule has 0 aliphatic rings. The molecule has 0 aromatic heterocycles. The first-order valence-electron chi connectivity index (χ1n) is 6.48. The first-order valence-corrected chi connectivity index (χ1v) is 7.66. The van der Waals surface area contributed by atoms with Crippen molar-refractivity contribution < 1.29 is 14.3 Å². The van der Waals surface area contributed by atoms with Gasteiger partial charge in [-0.05, 0) is 55.5 Å². The molecular weight excluding hydrogens is 370 g/mol. The first-order chi connectivity index (χ1) is 10.5. The fraction of sp³-hybridized carbons (Fsp3) is 0.125. The highest BCUT2D eigenvalue weighted by atomic mass is 79.9. The molecule has 0 fully saturated rings. The van der Waals surface area contributed by atoms with Crippen molar-refractivity contribution in [2.45, 2.75) is 13.0 Å². The summed E-state index contributed by atoms with van der Waals surface area (Å²) in [6.45, 7) is 1.52. The Morgan fingerprint density at radius 2 is 1.68 bits per heavy atom. The fourth-order valence-electron chi connectivity index (χ4n) is 1.65. The van der Waals surface area contributed by atoms with Crippen molar-refractivity contribution >= 4 is 45.1 Å². The van der Waals surface area contributed by atoms with Crippen molar-refractivity contribution in [2.24, 2.45) is 0 Å². The third-order valence-corrected chi connectivity index (χ3v) is 3.63. The first kappa shape index (κ1) is 16.5. The summed E-state index contributed by atoms with van der Waals surface area (Å²) in [6.07, 6.45) is -0.910. The van der Waals surface area contributed by atoms with Gasteiger partial charge in [-0.3, -0.25) is 4.79 Å². The number of esters is 1. The number of rotatable bonds is 4. The minimum Gasteiger partial charge on any atom is -0.449 e. The van der Waals surface area contributed by atoms with Crippen molar-refractivity contribution in [1.29, 1.82) is 0 Å². The van der Waals surface area contributed by atoms with Crippen LogP contribution >= 0.6 is 27.5 Å². The van der Waals surface area contributed by atoms with Gasteiger partial charge in [0.2, 0.25) is 0 Å². The van der Waals surface area contributed by atoms with E-state index in [1.807, 2.05) is 0 Å². The van der Waals surface area contributed by atoms with Gasteiger partial charge in [0.25, 0.3) is 5.91 Å². The lowest BCUT2D eigenvalue weighted by molar-refractivity contribution is -0.123. The second-order valence-corrected chi connectivity index (χ2v) is 5.90. The van der Waals surface area contributed by atoms with E-state index in [4.69, 9.17) is 16.3 Å². The number of ether oxygens (including phenoxy) is 1. The van der Waals surface area contributed by atoms with Gasteiger partial charge in [0.1, 0.15) is 0 Å². The van der Waals surface area contributed by atoms with Crippen molar-refractivity contribution in [2.75, 3.05) is 5.32 Å². The molecule has 0 saturated heterocycles. The van der Waals surface area contributed by atoms with Gasteiger partial charge in [0.05, 0.1) is 5.56 Å². The van der Waals surface area contributed by atoms with Crippen LogP contribution in [0.2, 0.25) is 5.02 Å². The maximum atomic E-state index is 12.0. The van der Waals surface area contributed by atoms with E-state index in [-0.39, 0.29) is 0 Å². The summed E-state index contributed by atoms with van der Waals surface area (Å²) in [6, 6.07) is 13.4. The van der Waals surface area contributed by atoms with Crippen LogP contribution in [0.3, 0.4) is 0 Å². The molecule has 0 saturated carbocycles. The number of hydrogen-bond donors (Lipinski definition) is 1. The summed E-state index contributed by atoms with van der Waals surface area (Å²) < 4.78 is 6.00. The average Bonchev–Trinajstić information content (AvgIpc) is 2.50. The van der Waals surface area contributed by atoms with Crippen molar-refractivity contribution in [3.8, 4) is 0 Å². The number of carbonyl (C=O) groups is 2. The molecule has 0 heterocycles. The fourth-order valence-corrected chi connectivity index (χ4v) is 2.04. The Morgan fingerprint density at radius 1 is 1.09 bits per heavy atom. The summed E-state index contributed by atoms with van der Waals surface area (Å²) in [5, 5.41) is 3.23. The van der Waals surface area contributed by atoms with Gasteiger partial charge in [0.15, 0.2) is 6.10 Å². The summed E-state index contributed by atoms with van der Waals surface area (Å²) in [5.74, 6) is -0.959. The van der Waals surface area contributed by atoms with Crippen LogP contribution in [0.4, 0.5) is 5.69 Å². The second-order valence-electron chi connectivity index (χ2n) is 4.55. The van der Waals surface area contributed by atoms with Crippen LogP contribution < -0.4 is 5.32 Å². The molecule has 6 heteroatoms. The molecule has 4 nitrogen and oxygen atoms in total. The van der Waals surface area contributed by atoms with Crippen LogP contribution in [0, 0.1) is 0 Å². The van der Waals surface area contributed by atoms with Gasteiger partial charge in [-0.15, -0.1) is 0 Å². The number of halogens is 2. The molecule has 0 aliphatic carbocycles. The SMILES string of the molecule is CC(OC(=O)c1ccc(Br)cc1)C(=O)Nc1ccc(Cl)cc1. The van der Waals surface area contributed by atoms with E-state index in [9.17, 15) is 9.59 Å². The third-order valence-electron chi connectivity index (χ3n) is 2.84. The molecule has 0 aliphatic heterocycles. The van der Waals surface area contributed by atoms with Gasteiger partial charge in [-0.25, -0.2) is 4.79 Å². The third kappa shape index (κ3) is 4.58. The van der Waals surface area contributed by atoms with Gasteiger partial charge in [-0.1, -0.05) is 27.5 Å². The summed E-state index contributed by atoms with van der Waals surface area (Å²) >= 11 is 9.06. The molecule has 2 aromatic carbocycles. The molecule has 2 rings (SSSR count). The van der Waals surface area contributed by atoms with Crippen LogP contribution in [0.1, 0.15) is 17.3 Å². The maximum Gasteiger partial charge on any atom is 0.338 e. The molecule has 1 unspecified atom stereocenters. The lowest BCUT2D eigenvalue weighted by Gasteiger charge is -2.13. The summed E-state index contributed by atoms with van der Waals surface area (Å²) in [5.41, 5.74) is 0.968. The normalized spacial score (nSPS) is 11.6. The molecule has 114 valence electrons. The molecule has 0 bridgehead atoms. The lowest BCUT2D eigenvalue weighted by Crippen LogP contribution is -2.29. The Bertz CT molecular complexity index is 671. The Morgan fingerprint density at radius 3 is 2.27 bits per heavy atom. The van der Waals surface area contributed by atoms with Crippen LogP contribution in [0.25, 0.3) is 0 Å². The molecule has 0 radical (unpaired) electrons. The highest BCUT2D eigenvalue weighted by molar-refractivity contribution is 9.10. The monoisotopic (exact) mass is 381 g/mol. The van der Waals surface area contributed by atoms with Gasteiger partial charge < -0.3 is 10.1 Å². The molecule has 1 amide bonds. The van der Waals surface area contributed by atoms with E-state index in [1.165, 1.54) is 6.92 Å². The zero-order valence-corrected chi connectivity index (χ0v) is 14.0. The van der Waals surface area contributed by atoms with Crippen LogP contribution in [0.15, 0.2) is 53.0 Å². The Hall–Kier alpha value is -1.85. The molecule has 1 atom stereocenters. The Kier molecular flexibility index (Phi) is 5.57. The van der Waals surface area contributed by atoms with Crippen molar-refractivity contribution in [1.82, 2.24) is 0 Å². The van der Waals surface area contributed by atoms with Gasteiger partial charge in [-0.2, -0.15) is 0 Å².